The fourth-order valence-electron chi connectivity index (χ4n) is 8.07. The lowest BCUT2D eigenvalue weighted by atomic mass is 9.87. The number of pyridine rings is 3. The van der Waals surface area contributed by atoms with Gasteiger partial charge in [-0.15, -0.1) is 5.10 Å². The second-order valence-corrected chi connectivity index (χ2v) is 34.9. The summed E-state index contributed by atoms with van der Waals surface area (Å²) in [4.78, 5) is 46.3. The summed E-state index contributed by atoms with van der Waals surface area (Å²) in [6.07, 6.45) is 11.5. The fraction of sp³-hybridized carbons (Fsp3) is 0.519. The van der Waals surface area contributed by atoms with Crippen LogP contribution in [0.4, 0.5) is 43.9 Å². The molecule has 2 aliphatic heterocycles. The van der Waals surface area contributed by atoms with E-state index in [-0.39, 0.29) is 72.0 Å². The molecular weight excluding hydrogens is 1370 g/mol. The average Bonchev–Trinajstić information content (AvgIpc) is 1.57. The van der Waals surface area contributed by atoms with Crippen molar-refractivity contribution in [1.82, 2.24) is 65.0 Å². The van der Waals surface area contributed by atoms with Gasteiger partial charge in [0.25, 0.3) is 6.08 Å². The van der Waals surface area contributed by atoms with Crippen molar-refractivity contribution in [2.24, 2.45) is 20.8 Å². The van der Waals surface area contributed by atoms with E-state index < -0.39 is 41.9 Å². The molecule has 10 rings (SSSR count). The summed E-state index contributed by atoms with van der Waals surface area (Å²) >= 11 is 0. The van der Waals surface area contributed by atoms with E-state index in [1.165, 1.54) is 67.6 Å². The summed E-state index contributed by atoms with van der Waals surface area (Å²) in [5.41, 5.74) is 6.34. The molecule has 0 saturated carbocycles. The minimum Gasteiger partial charge on any atom is -0.318 e. The first kappa shape index (κ1) is 95.2. The summed E-state index contributed by atoms with van der Waals surface area (Å²) in [7, 11) is 0. The Morgan fingerprint density at radius 1 is 0.377 bits per heavy atom. The monoisotopic (exact) mass is 1490 g/mol. The molecule has 2 N–H and O–H groups in total. The quantitative estimate of drug-likeness (QED) is 0.0634. The van der Waals surface area contributed by atoms with E-state index in [4.69, 9.17) is 0 Å². The van der Waals surface area contributed by atoms with E-state index >= 15 is 0 Å². The lowest BCUT2D eigenvalue weighted by molar-refractivity contribution is 0.496. The van der Waals surface area contributed by atoms with E-state index in [9.17, 15) is 43.9 Å². The van der Waals surface area contributed by atoms with Gasteiger partial charge >= 0.3 is 6.08 Å². The standard InChI is InChI=1S/3C9H12FN.3C8H11FN2.2C8H12FN.2C7H11FN2/c1-9(2,3)7-4-5-11-8(10)6-7;1-9(2,3)7-5-4-6-11-8(7)10;1-9(2,3)7-5-4-6-8(10)11-7;1-8(2,3)6-4-7(9)11-5-10-6;1-8(2,3)7-10-5-4-6(9)11-7;1-8(2,3)6-4-5-10-7(9)11-6;1-8(2,3)6-4-5-10-7(6)9;1-8(2,3)6-4-5-7(9)10-6;1-7(2,3)5-4-9-6(8)10-5;1-7(2,3)5-4-6(8)10-9-5/h3*4-6H,1-3H3;3*4-5H,1-3H3;2*4H,5H2,1-3H3;2*4H,1-3H3,(H,9,10). The predicted octanol–water partition coefficient (Wildman–Crippen LogP) is 22.0. The topological polar surface area (TPSA) is 198 Å². The number of allylic oxidation sites excluding steroid dienone is 3. The Hall–Kier alpha value is -8.77. The Bertz CT molecular complexity index is 3720. The minimum absolute atomic E-state index is 0.00375. The molecule has 15 nitrogen and oxygen atoms in total. The van der Waals surface area contributed by atoms with Crippen LogP contribution in [-0.4, -0.2) is 83.5 Å². The third-order valence-corrected chi connectivity index (χ3v) is 14.5. The van der Waals surface area contributed by atoms with Crippen LogP contribution < -0.4 is 0 Å². The number of rotatable bonds is 0. The van der Waals surface area contributed by atoms with Crippen molar-refractivity contribution in [2.45, 2.75) is 257 Å². The van der Waals surface area contributed by atoms with Crippen LogP contribution in [0.2, 0.25) is 0 Å². The number of H-pyrrole nitrogens is 2. The van der Waals surface area contributed by atoms with Crippen molar-refractivity contribution in [1.29, 1.82) is 0 Å². The first-order valence-electron chi connectivity index (χ1n) is 34.6. The second kappa shape index (κ2) is 40.3. The number of aromatic nitrogens is 13. The molecular formula is C81H115F10N15. The van der Waals surface area contributed by atoms with Crippen molar-refractivity contribution >= 4 is 11.9 Å². The summed E-state index contributed by atoms with van der Waals surface area (Å²) in [6.45, 7) is 60.3. The Kier molecular flexibility index (Phi) is 36.2. The number of hydrogen-bond donors (Lipinski definition) is 2. The van der Waals surface area contributed by atoms with Gasteiger partial charge in [-0.05, 0) is 58.2 Å². The van der Waals surface area contributed by atoms with Gasteiger partial charge in [0.05, 0.1) is 24.1 Å². The minimum atomic E-state index is -0.655. The first-order valence-corrected chi connectivity index (χ1v) is 34.6. The van der Waals surface area contributed by atoms with Gasteiger partial charge < -0.3 is 4.98 Å². The number of hydrogen-bond acceptors (Lipinski definition) is 13. The Morgan fingerprint density at radius 2 is 0.925 bits per heavy atom. The van der Waals surface area contributed by atoms with E-state index in [0.717, 1.165) is 45.3 Å². The zero-order valence-electron chi connectivity index (χ0n) is 68.0. The highest BCUT2D eigenvalue weighted by atomic mass is 19.2. The smallest absolute Gasteiger partial charge is 0.308 e. The number of nitrogens with one attached hydrogen (secondary N) is 2. The van der Waals surface area contributed by atoms with Crippen molar-refractivity contribution < 1.29 is 43.9 Å². The van der Waals surface area contributed by atoms with Crippen LogP contribution in [0.25, 0.3) is 0 Å². The lowest BCUT2D eigenvalue weighted by Crippen LogP contribution is -2.16. The molecule has 8 aromatic rings. The van der Waals surface area contributed by atoms with Crippen LogP contribution in [0.1, 0.15) is 260 Å². The van der Waals surface area contributed by atoms with Crippen LogP contribution in [0.3, 0.4) is 0 Å². The molecule has 0 unspecified atom stereocenters. The summed E-state index contributed by atoms with van der Waals surface area (Å²) in [6, 6.07) is 17.5. The summed E-state index contributed by atoms with van der Waals surface area (Å²) < 4.78 is 125. The molecule has 0 amide bonds. The molecule has 2 aliphatic rings. The van der Waals surface area contributed by atoms with E-state index in [1.54, 1.807) is 24.3 Å². The van der Waals surface area contributed by atoms with Crippen molar-refractivity contribution in [3.8, 4) is 0 Å². The van der Waals surface area contributed by atoms with Crippen LogP contribution in [-0.2, 0) is 43.3 Å². The Balaban J connectivity index is 0.000000589. The highest BCUT2D eigenvalue weighted by Crippen LogP contribution is 2.32. The molecule has 106 heavy (non-hydrogen) atoms. The van der Waals surface area contributed by atoms with Crippen LogP contribution in [0.15, 0.2) is 137 Å². The molecule has 0 saturated heterocycles. The van der Waals surface area contributed by atoms with Crippen molar-refractivity contribution in [2.75, 3.05) is 6.54 Å². The third kappa shape index (κ3) is 38.0. The molecule has 0 aromatic carbocycles. The van der Waals surface area contributed by atoms with Gasteiger partial charge in [0, 0.05) is 121 Å². The fourth-order valence-corrected chi connectivity index (χ4v) is 8.07. The predicted molar refractivity (Wildman–Crippen MR) is 407 cm³/mol. The molecule has 0 aliphatic carbocycles. The Labute approximate surface area is 623 Å². The largest absolute Gasteiger partial charge is 0.318 e. The molecule has 0 bridgehead atoms. The zero-order valence-corrected chi connectivity index (χ0v) is 68.0. The summed E-state index contributed by atoms with van der Waals surface area (Å²) in [5, 5.41) is 6.01. The van der Waals surface area contributed by atoms with Crippen molar-refractivity contribution in [3.63, 3.8) is 0 Å². The number of aromatic amines is 2. The normalized spacial score (nSPS) is 13.1. The molecule has 0 fully saturated rings. The molecule has 25 heteroatoms. The van der Waals surface area contributed by atoms with Gasteiger partial charge in [0.2, 0.25) is 41.7 Å². The van der Waals surface area contributed by atoms with Gasteiger partial charge in [0.1, 0.15) is 12.2 Å². The van der Waals surface area contributed by atoms with Crippen LogP contribution >= 0.6 is 0 Å². The van der Waals surface area contributed by atoms with Crippen LogP contribution in [0, 0.1) is 58.7 Å². The number of aliphatic imine (C=N–C) groups is 2. The summed E-state index contributed by atoms with van der Waals surface area (Å²) in [5.74, 6) is -2.55. The highest BCUT2D eigenvalue weighted by Gasteiger charge is 2.26. The lowest BCUT2D eigenvalue weighted by Gasteiger charge is -2.18. The highest BCUT2D eigenvalue weighted by molar-refractivity contribution is 5.95. The Morgan fingerprint density at radius 3 is 1.23 bits per heavy atom. The molecule has 10 heterocycles. The SMILES string of the molecule is CC(C)(C)C1=CCC(F)=N1.CC(C)(C)C1=CCN=C1F.CC(C)(C)c1cc(F)n[nH]1.CC(C)(C)c1cc(F)ncn1.CC(C)(C)c1cccc(F)n1.CC(C)(C)c1cccnc1F.CC(C)(C)c1ccnc(F)c1.CC(C)(C)c1ccnc(F)n1.CC(C)(C)c1cnc(F)[nH]1.CC(C)(C)c1nccc(F)n1. The van der Waals surface area contributed by atoms with E-state index in [1.807, 2.05) is 232 Å². The van der Waals surface area contributed by atoms with Gasteiger partial charge in [-0.25, -0.2) is 54.8 Å². The van der Waals surface area contributed by atoms with Gasteiger partial charge in [-0.1, -0.05) is 232 Å². The van der Waals surface area contributed by atoms with Crippen molar-refractivity contribution in [3.05, 3.63) is 221 Å². The van der Waals surface area contributed by atoms with E-state index in [0.29, 0.717) is 24.4 Å². The molecule has 0 radical (unpaired) electrons. The zero-order chi connectivity index (χ0) is 82.0. The van der Waals surface area contributed by atoms with E-state index in [2.05, 4.69) is 75.0 Å². The maximum Gasteiger partial charge on any atom is 0.308 e. The van der Waals surface area contributed by atoms with Gasteiger partial charge in [-0.3, -0.25) is 10.1 Å². The molecule has 0 spiro atoms. The maximum absolute atomic E-state index is 13.0. The average molecular weight is 1490 g/mol. The molecule has 584 valence electrons. The second-order valence-electron chi connectivity index (χ2n) is 34.9. The maximum atomic E-state index is 13.0. The number of imidazole rings is 1. The molecule has 8 aromatic heterocycles. The number of halogens is 10. The third-order valence-electron chi connectivity index (χ3n) is 14.5. The number of nitrogens with zero attached hydrogens (tertiary/aromatic N) is 13. The van der Waals surface area contributed by atoms with Crippen LogP contribution in [0.5, 0.6) is 0 Å². The van der Waals surface area contributed by atoms with Gasteiger partial charge in [-0.2, -0.15) is 43.9 Å². The first-order chi connectivity index (χ1) is 48.0. The molecule has 0 atom stereocenters. The van der Waals surface area contributed by atoms with Gasteiger partial charge in [0.15, 0.2) is 5.97 Å².